The predicted molar refractivity (Wildman–Crippen MR) is 256 cm³/mol. The maximum absolute atomic E-state index is 13.1. The molecule has 0 aromatic carbocycles. The van der Waals surface area contributed by atoms with Crippen LogP contribution in [0.1, 0.15) is 245 Å². The van der Waals surface area contributed by atoms with Crippen LogP contribution in [0.2, 0.25) is 0 Å². The van der Waals surface area contributed by atoms with Crippen LogP contribution in [-0.4, -0.2) is 110 Å². The first-order valence-electron chi connectivity index (χ1n) is 26.6. The number of aliphatic hydroxyl groups excluding tert-OH is 7. The summed E-state index contributed by atoms with van der Waals surface area (Å²) >= 11 is 0. The monoisotopic (exact) mass is 900 g/mol. The molecule has 0 spiro atoms. The molecule has 1 saturated heterocycles. The van der Waals surface area contributed by atoms with Crippen LogP contribution in [0.15, 0.2) is 12.2 Å². The van der Waals surface area contributed by atoms with Crippen LogP contribution in [-0.2, 0) is 14.3 Å². The Morgan fingerprint density at radius 1 is 0.540 bits per heavy atom. The van der Waals surface area contributed by atoms with Gasteiger partial charge < -0.3 is 50.5 Å². The first kappa shape index (κ1) is 59.9. The fourth-order valence-corrected chi connectivity index (χ4v) is 8.68. The number of aliphatic hydroxyl groups is 7. The average molecular weight is 900 g/mol. The zero-order valence-electron chi connectivity index (χ0n) is 40.6. The number of amides is 1. The Kier molecular flexibility index (Phi) is 40.1. The highest BCUT2D eigenvalue weighted by molar-refractivity contribution is 5.80. The van der Waals surface area contributed by atoms with Crippen molar-refractivity contribution in [3.8, 4) is 0 Å². The van der Waals surface area contributed by atoms with Crippen LogP contribution in [0.3, 0.4) is 0 Å². The molecule has 11 nitrogen and oxygen atoms in total. The highest BCUT2D eigenvalue weighted by Crippen LogP contribution is 2.23. The maximum Gasteiger partial charge on any atom is 0.249 e. The third kappa shape index (κ3) is 31.5. The Morgan fingerprint density at radius 2 is 0.937 bits per heavy atom. The van der Waals surface area contributed by atoms with Gasteiger partial charge in [0.25, 0.3) is 0 Å². The molecular weight excluding hydrogens is 799 g/mol. The number of carbonyl (C=O) groups excluding carboxylic acids is 1. The second kappa shape index (κ2) is 42.2. The largest absolute Gasteiger partial charge is 0.394 e. The summed E-state index contributed by atoms with van der Waals surface area (Å²) in [6.45, 7) is 3.38. The van der Waals surface area contributed by atoms with Gasteiger partial charge in [-0.2, -0.15) is 0 Å². The lowest BCUT2D eigenvalue weighted by atomic mass is 9.98. The molecule has 0 saturated carbocycles. The van der Waals surface area contributed by atoms with Crippen LogP contribution in [0.4, 0.5) is 0 Å². The molecule has 0 aromatic heterocycles. The fourth-order valence-electron chi connectivity index (χ4n) is 8.68. The smallest absolute Gasteiger partial charge is 0.249 e. The first-order chi connectivity index (χ1) is 30.7. The molecule has 0 radical (unpaired) electrons. The summed E-state index contributed by atoms with van der Waals surface area (Å²) in [4.78, 5) is 13.1. The van der Waals surface area contributed by atoms with E-state index in [1.807, 2.05) is 0 Å². The van der Waals surface area contributed by atoms with Crippen molar-refractivity contribution in [3.63, 3.8) is 0 Å². The van der Waals surface area contributed by atoms with E-state index in [4.69, 9.17) is 9.47 Å². The molecule has 0 aliphatic carbocycles. The molecule has 1 aliphatic rings. The van der Waals surface area contributed by atoms with Crippen molar-refractivity contribution in [2.75, 3.05) is 13.2 Å². The van der Waals surface area contributed by atoms with Crippen LogP contribution < -0.4 is 5.32 Å². The van der Waals surface area contributed by atoms with Crippen LogP contribution in [0.25, 0.3) is 0 Å². The quantitative estimate of drug-likeness (QED) is 0.0216. The molecule has 8 N–H and O–H groups in total. The van der Waals surface area contributed by atoms with Gasteiger partial charge in [-0.3, -0.25) is 4.79 Å². The number of hydrogen-bond donors (Lipinski definition) is 8. The second-order valence-electron chi connectivity index (χ2n) is 19.0. The molecule has 1 amide bonds. The Labute approximate surface area is 385 Å². The van der Waals surface area contributed by atoms with E-state index < -0.39 is 74.2 Å². The Bertz CT molecular complexity index is 1030. The van der Waals surface area contributed by atoms with Gasteiger partial charge in [-0.1, -0.05) is 219 Å². The highest BCUT2D eigenvalue weighted by Gasteiger charge is 2.44. The van der Waals surface area contributed by atoms with E-state index in [9.17, 15) is 40.5 Å². The van der Waals surface area contributed by atoms with Gasteiger partial charge >= 0.3 is 0 Å². The Morgan fingerprint density at radius 3 is 1.37 bits per heavy atom. The molecule has 1 heterocycles. The normalized spacial score (nSPS) is 21.2. The third-order valence-corrected chi connectivity index (χ3v) is 13.1. The van der Waals surface area contributed by atoms with Gasteiger partial charge in [0.05, 0.1) is 25.4 Å². The number of rotatable bonds is 45. The molecule has 374 valence electrons. The van der Waals surface area contributed by atoms with Gasteiger partial charge in [0.1, 0.15) is 36.6 Å². The number of allylic oxidation sites excluding steroid dienone is 2. The van der Waals surface area contributed by atoms with E-state index in [1.54, 1.807) is 0 Å². The molecule has 9 unspecified atom stereocenters. The summed E-state index contributed by atoms with van der Waals surface area (Å²) in [5.74, 6) is -0.705. The van der Waals surface area contributed by atoms with Crippen molar-refractivity contribution in [1.82, 2.24) is 5.32 Å². The van der Waals surface area contributed by atoms with Gasteiger partial charge in [0.15, 0.2) is 6.29 Å². The molecule has 1 aliphatic heterocycles. The van der Waals surface area contributed by atoms with Crippen molar-refractivity contribution in [1.29, 1.82) is 0 Å². The van der Waals surface area contributed by atoms with Crippen LogP contribution in [0, 0.1) is 0 Å². The van der Waals surface area contributed by atoms with Crippen LogP contribution >= 0.6 is 0 Å². The summed E-state index contributed by atoms with van der Waals surface area (Å²) in [6, 6.07) is -1.18. The van der Waals surface area contributed by atoms with Crippen molar-refractivity contribution < 1.29 is 50.0 Å². The molecular formula is C52H101NO10. The number of nitrogens with one attached hydrogen (secondary N) is 1. The number of carbonyl (C=O) groups is 1. The summed E-state index contributed by atoms with van der Waals surface area (Å²) in [6.07, 6.45) is 36.1. The summed E-state index contributed by atoms with van der Waals surface area (Å²) in [7, 11) is 0. The Hall–Kier alpha value is -1.15. The van der Waals surface area contributed by atoms with E-state index in [0.717, 1.165) is 44.9 Å². The Balaban J connectivity index is 2.19. The van der Waals surface area contributed by atoms with E-state index in [-0.39, 0.29) is 12.8 Å². The average Bonchev–Trinajstić information content (AvgIpc) is 3.28. The lowest BCUT2D eigenvalue weighted by molar-refractivity contribution is -0.303. The van der Waals surface area contributed by atoms with E-state index in [2.05, 4.69) is 31.3 Å². The molecule has 9 atom stereocenters. The van der Waals surface area contributed by atoms with E-state index in [1.165, 1.54) is 161 Å². The topological polar surface area (TPSA) is 189 Å². The summed E-state index contributed by atoms with van der Waals surface area (Å²) < 4.78 is 11.1. The minimum Gasteiger partial charge on any atom is -0.394 e. The summed E-state index contributed by atoms with van der Waals surface area (Å²) in [5, 5.41) is 75.5. The van der Waals surface area contributed by atoms with Gasteiger partial charge in [0.2, 0.25) is 5.91 Å². The van der Waals surface area contributed by atoms with Crippen molar-refractivity contribution in [2.24, 2.45) is 0 Å². The zero-order chi connectivity index (χ0) is 46.2. The SMILES string of the molecule is CCCCC/C=C/CCCC(O)C(O)C(COC1OC(CO)C(O)C(O)C1O)NC(=O)C(O)CCCCCCCCCCCCCCCCCCCCCCCCCCCCCC. The number of unbranched alkanes of at least 4 members (excludes halogenated alkanes) is 31. The van der Waals surface area contributed by atoms with Gasteiger partial charge in [-0.15, -0.1) is 0 Å². The lowest BCUT2D eigenvalue weighted by Crippen LogP contribution is -2.60. The number of hydrogen-bond acceptors (Lipinski definition) is 10. The maximum atomic E-state index is 13.1. The molecule has 0 bridgehead atoms. The van der Waals surface area contributed by atoms with Crippen LogP contribution in [0.5, 0.6) is 0 Å². The van der Waals surface area contributed by atoms with Crippen molar-refractivity contribution in [2.45, 2.75) is 300 Å². The van der Waals surface area contributed by atoms with Crippen molar-refractivity contribution in [3.05, 3.63) is 12.2 Å². The van der Waals surface area contributed by atoms with Gasteiger partial charge in [0, 0.05) is 0 Å². The zero-order valence-corrected chi connectivity index (χ0v) is 40.6. The fraction of sp³-hybridized carbons (Fsp3) is 0.942. The molecule has 63 heavy (non-hydrogen) atoms. The van der Waals surface area contributed by atoms with Gasteiger partial charge in [-0.25, -0.2) is 0 Å². The first-order valence-corrected chi connectivity index (χ1v) is 26.6. The molecule has 11 heteroatoms. The summed E-state index contributed by atoms with van der Waals surface area (Å²) in [5.41, 5.74) is 0. The van der Waals surface area contributed by atoms with E-state index in [0.29, 0.717) is 12.8 Å². The third-order valence-electron chi connectivity index (χ3n) is 13.1. The molecule has 1 fully saturated rings. The molecule has 1 rings (SSSR count). The van der Waals surface area contributed by atoms with Gasteiger partial charge in [-0.05, 0) is 38.5 Å². The highest BCUT2D eigenvalue weighted by atomic mass is 16.7. The minimum absolute atomic E-state index is 0.259. The molecule has 0 aromatic rings. The lowest BCUT2D eigenvalue weighted by Gasteiger charge is -2.40. The predicted octanol–water partition coefficient (Wildman–Crippen LogP) is 10.0. The second-order valence-corrected chi connectivity index (χ2v) is 19.0. The van der Waals surface area contributed by atoms with E-state index >= 15 is 0 Å². The standard InChI is InChI=1S/C52H101NO10/c1-3-5-7-9-11-13-14-15-16-17-18-19-20-21-22-23-24-25-26-27-28-29-30-31-32-34-36-38-40-45(56)51(61)53-43(42-62-52-50(60)49(59)48(58)46(41-54)63-52)47(57)44(55)39-37-35-33-12-10-8-6-4-2/h12,33,43-50,52,54-60H,3-11,13-32,34-42H2,1-2H3,(H,53,61)/b33-12+. The number of ether oxygens (including phenoxy) is 2. The van der Waals surface area contributed by atoms with Crippen molar-refractivity contribution >= 4 is 5.91 Å². The minimum atomic E-state index is -1.66.